The zero-order chi connectivity index (χ0) is 19.2. The summed E-state index contributed by atoms with van der Waals surface area (Å²) in [5, 5.41) is 0. The Morgan fingerprint density at radius 3 is 2.54 bits per heavy atom. The molecule has 3 rings (SSSR count). The van der Waals surface area contributed by atoms with Gasteiger partial charge >= 0.3 is 23.9 Å². The number of carbonyl (C=O) groups excluding carboxylic acids is 4. The summed E-state index contributed by atoms with van der Waals surface area (Å²) in [4.78, 5) is 48.0. The number of rotatable bonds is 6. The Morgan fingerprint density at radius 1 is 1.23 bits per heavy atom. The highest BCUT2D eigenvalue weighted by Crippen LogP contribution is 2.51. The molecule has 0 amide bonds. The monoisotopic (exact) mass is 482 g/mol. The fourth-order valence-electron chi connectivity index (χ4n) is 3.48. The van der Waals surface area contributed by atoms with Crippen molar-refractivity contribution < 1.29 is 42.9 Å². The zero-order valence-electron chi connectivity index (χ0n) is 14.4. The number of carbonyl (C=O) groups is 4. The Kier molecular flexibility index (Phi) is 5.17. The number of hydrogen-bond donors (Lipinski definition) is 0. The van der Waals surface area contributed by atoms with E-state index in [-0.39, 0.29) is 0 Å². The average Bonchev–Trinajstić information content (AvgIpc) is 3.22. The Morgan fingerprint density at radius 2 is 1.92 bits per heavy atom. The first-order chi connectivity index (χ1) is 12.2. The fraction of sp³-hybridized carbons (Fsp3) is 0.750. The maximum Gasteiger partial charge on any atom is 0.344 e. The van der Waals surface area contributed by atoms with Gasteiger partial charge in [-0.3, -0.25) is 14.4 Å². The Bertz CT molecular complexity index is 646. The first-order valence-corrected chi connectivity index (χ1v) is 9.28. The van der Waals surface area contributed by atoms with Gasteiger partial charge in [0.05, 0.1) is 7.11 Å². The smallest absolute Gasteiger partial charge is 0.344 e. The molecule has 3 heterocycles. The van der Waals surface area contributed by atoms with Gasteiger partial charge in [-0.2, -0.15) is 0 Å². The largest absolute Gasteiger partial charge is 0.469 e. The van der Waals surface area contributed by atoms with Gasteiger partial charge in [-0.05, 0) is 13.3 Å². The van der Waals surface area contributed by atoms with Gasteiger partial charge in [0.2, 0.25) is 0 Å². The van der Waals surface area contributed by atoms with Crippen LogP contribution in [-0.2, 0) is 42.9 Å². The first kappa shape index (κ1) is 19.3. The van der Waals surface area contributed by atoms with E-state index in [9.17, 15) is 19.2 Å². The van der Waals surface area contributed by atoms with Crippen molar-refractivity contribution in [1.29, 1.82) is 0 Å². The van der Waals surface area contributed by atoms with Crippen LogP contribution in [0.4, 0.5) is 0 Å². The molecule has 0 aromatic rings. The molecule has 0 saturated carbocycles. The van der Waals surface area contributed by atoms with Crippen LogP contribution in [0, 0.1) is 11.8 Å². The van der Waals surface area contributed by atoms with Crippen molar-refractivity contribution in [2.75, 3.05) is 13.7 Å². The van der Waals surface area contributed by atoms with E-state index in [0.29, 0.717) is 6.42 Å². The summed E-state index contributed by atoms with van der Waals surface area (Å²) < 4.78 is 25.2. The van der Waals surface area contributed by atoms with E-state index < -0.39 is 70.2 Å². The number of alkyl halides is 1. The third-order valence-corrected chi connectivity index (χ3v) is 6.26. The maximum atomic E-state index is 12.1. The van der Waals surface area contributed by atoms with Crippen LogP contribution in [0.2, 0.25) is 0 Å². The molecule has 0 N–H and O–H groups in total. The molecule has 9 nitrogen and oxygen atoms in total. The predicted molar refractivity (Wildman–Crippen MR) is 91.1 cm³/mol. The van der Waals surface area contributed by atoms with Crippen LogP contribution < -0.4 is 0 Å². The minimum Gasteiger partial charge on any atom is -0.469 e. The summed E-state index contributed by atoms with van der Waals surface area (Å²) in [6.45, 7) is 2.96. The summed E-state index contributed by atoms with van der Waals surface area (Å²) in [6.07, 6.45) is -2.62. The zero-order valence-corrected chi connectivity index (χ0v) is 16.6. The second-order valence-corrected chi connectivity index (χ2v) is 9.00. The Labute approximate surface area is 163 Å². The van der Waals surface area contributed by atoms with Crippen LogP contribution in [0.1, 0.15) is 20.3 Å². The SMILES string of the molecule is CCC(C)(I)C(=O)OCC(=O)OC1C2OC(=O)C3C2OC1C3C(=O)OC. The molecule has 2 bridgehead atoms. The van der Waals surface area contributed by atoms with Gasteiger partial charge < -0.3 is 23.7 Å². The number of esters is 4. The predicted octanol–water partition coefficient (Wildman–Crippen LogP) is 0.157. The van der Waals surface area contributed by atoms with Crippen molar-refractivity contribution in [2.24, 2.45) is 11.8 Å². The lowest BCUT2D eigenvalue weighted by Crippen LogP contribution is -2.48. The molecular weight excluding hydrogens is 463 g/mol. The van der Waals surface area contributed by atoms with Crippen molar-refractivity contribution in [2.45, 2.75) is 48.1 Å². The van der Waals surface area contributed by atoms with Crippen LogP contribution in [0.3, 0.4) is 0 Å². The number of methoxy groups -OCH3 is 1. The second kappa shape index (κ2) is 6.95. The lowest BCUT2D eigenvalue weighted by molar-refractivity contribution is -0.170. The quantitative estimate of drug-likeness (QED) is 0.226. The molecule has 7 unspecified atom stereocenters. The molecule has 7 atom stereocenters. The lowest BCUT2D eigenvalue weighted by atomic mass is 9.78. The summed E-state index contributed by atoms with van der Waals surface area (Å²) in [6, 6.07) is 0. The summed E-state index contributed by atoms with van der Waals surface area (Å²) in [5.41, 5.74) is 0. The molecule has 0 radical (unpaired) electrons. The number of ether oxygens (including phenoxy) is 5. The maximum absolute atomic E-state index is 12.1. The minimum atomic E-state index is -0.935. The fourth-order valence-corrected chi connectivity index (χ4v) is 3.64. The highest BCUT2D eigenvalue weighted by atomic mass is 127. The van der Waals surface area contributed by atoms with Crippen molar-refractivity contribution in [3.05, 3.63) is 0 Å². The van der Waals surface area contributed by atoms with Crippen molar-refractivity contribution in [3.8, 4) is 0 Å². The van der Waals surface area contributed by atoms with E-state index in [1.807, 2.05) is 29.5 Å². The molecule has 3 fully saturated rings. The van der Waals surface area contributed by atoms with E-state index in [4.69, 9.17) is 23.7 Å². The standard InChI is InChI=1S/C16H19IO9/c1-4-16(2,17)15(21)23-5-6(18)24-11-9-7(13(19)22-3)8-10(25-9)12(11)26-14(8)20/h7-12H,4-5H2,1-3H3. The molecule has 144 valence electrons. The number of hydrogen-bond acceptors (Lipinski definition) is 9. The minimum absolute atomic E-state index is 0.526. The lowest BCUT2D eigenvalue weighted by Gasteiger charge is -2.27. The number of fused-ring (bicyclic) bond motifs is 1. The molecule has 3 aliphatic heterocycles. The van der Waals surface area contributed by atoms with Crippen LogP contribution in [0.15, 0.2) is 0 Å². The van der Waals surface area contributed by atoms with Gasteiger partial charge in [0, 0.05) is 0 Å². The van der Waals surface area contributed by atoms with E-state index in [1.165, 1.54) is 7.11 Å². The topological polar surface area (TPSA) is 114 Å². The van der Waals surface area contributed by atoms with E-state index in [2.05, 4.69) is 0 Å². The normalized spacial score (nSPS) is 36.2. The summed E-state index contributed by atoms with van der Waals surface area (Å²) in [7, 11) is 1.21. The van der Waals surface area contributed by atoms with Gasteiger partial charge in [-0.25, -0.2) is 4.79 Å². The molecule has 3 aliphatic rings. The van der Waals surface area contributed by atoms with Crippen LogP contribution in [0.5, 0.6) is 0 Å². The number of halogens is 1. The molecule has 0 spiro atoms. The first-order valence-electron chi connectivity index (χ1n) is 8.20. The average molecular weight is 482 g/mol. The van der Waals surface area contributed by atoms with Crippen molar-refractivity contribution in [3.63, 3.8) is 0 Å². The van der Waals surface area contributed by atoms with Crippen LogP contribution in [-0.4, -0.2) is 65.4 Å². The summed E-state index contributed by atoms with van der Waals surface area (Å²) >= 11 is 1.95. The van der Waals surface area contributed by atoms with Crippen LogP contribution >= 0.6 is 22.6 Å². The summed E-state index contributed by atoms with van der Waals surface area (Å²) in [5.74, 6) is -4.13. The van der Waals surface area contributed by atoms with E-state index >= 15 is 0 Å². The molecule has 10 heteroatoms. The Hall–Kier alpha value is -1.43. The molecule has 0 aliphatic carbocycles. The molecule has 0 aromatic heterocycles. The van der Waals surface area contributed by atoms with Gasteiger partial charge in [0.25, 0.3) is 0 Å². The van der Waals surface area contributed by atoms with Crippen molar-refractivity contribution in [1.82, 2.24) is 0 Å². The molecule has 3 saturated heterocycles. The third-order valence-electron chi connectivity index (χ3n) is 5.06. The van der Waals surface area contributed by atoms with E-state index in [1.54, 1.807) is 6.92 Å². The van der Waals surface area contributed by atoms with Gasteiger partial charge in [-0.1, -0.05) is 29.5 Å². The highest BCUT2D eigenvalue weighted by molar-refractivity contribution is 14.1. The van der Waals surface area contributed by atoms with Gasteiger partial charge in [-0.15, -0.1) is 0 Å². The second-order valence-electron chi connectivity index (χ2n) is 6.62. The van der Waals surface area contributed by atoms with Crippen LogP contribution in [0.25, 0.3) is 0 Å². The molecule has 26 heavy (non-hydrogen) atoms. The Balaban J connectivity index is 1.63. The van der Waals surface area contributed by atoms with Gasteiger partial charge in [0.15, 0.2) is 18.8 Å². The van der Waals surface area contributed by atoms with E-state index in [0.717, 1.165) is 0 Å². The molecule has 0 aromatic carbocycles. The molecular formula is C16H19IO9. The van der Waals surface area contributed by atoms with Gasteiger partial charge in [0.1, 0.15) is 27.5 Å². The highest BCUT2D eigenvalue weighted by Gasteiger charge is 2.72. The third kappa shape index (κ3) is 3.06. The van der Waals surface area contributed by atoms with Crippen molar-refractivity contribution >= 4 is 46.5 Å².